The molecule has 1 N–H and O–H groups in total. The molecule has 0 bridgehead atoms. The summed E-state index contributed by atoms with van der Waals surface area (Å²) in [6, 6.07) is -0.316. The molecule has 3 nitrogen and oxygen atoms in total. The molecule has 0 rings (SSSR count). The van der Waals surface area contributed by atoms with E-state index in [9.17, 15) is 9.90 Å². The molecule has 0 aromatic rings. The van der Waals surface area contributed by atoms with Gasteiger partial charge >= 0.3 is 5.97 Å². The summed E-state index contributed by atoms with van der Waals surface area (Å²) in [5, 5.41) is 9.35. The summed E-state index contributed by atoms with van der Waals surface area (Å²) in [5.41, 5.74) is 0. The van der Waals surface area contributed by atoms with Gasteiger partial charge in [0.15, 0.2) is 0 Å². The molecule has 0 aliphatic heterocycles. The van der Waals surface area contributed by atoms with Crippen molar-refractivity contribution in [2.24, 2.45) is 0 Å². The Hall–Kier alpha value is -0.220. The molecule has 4 heteroatoms. The number of likely N-dealkylation sites (N-methyl/N-ethyl adjacent to an activating group) is 1. The van der Waals surface area contributed by atoms with E-state index in [0.717, 1.165) is 25.1 Å². The molecule has 0 spiro atoms. The van der Waals surface area contributed by atoms with Crippen LogP contribution in [0.15, 0.2) is 0 Å². The van der Waals surface area contributed by atoms with Crippen molar-refractivity contribution in [3.63, 3.8) is 0 Å². The van der Waals surface area contributed by atoms with Gasteiger partial charge in [0.05, 0.1) is 0 Å². The van der Waals surface area contributed by atoms with Crippen molar-refractivity contribution in [3.05, 3.63) is 0 Å². The van der Waals surface area contributed by atoms with Crippen molar-refractivity contribution in [1.29, 1.82) is 0 Å². The van der Waals surface area contributed by atoms with Gasteiger partial charge in [-0.05, 0) is 38.4 Å². The standard InChI is InChI=1S/C24H49NO2S/c1-4-5-6-7-8-9-10-11-12-13-14-15-16-17-18-19-21-25(2)23(24(26)27)20-22-28-3/h23H,4-22H2,1-3H3,(H,26,27)/t23-/m0/s1. The molecule has 0 saturated heterocycles. The normalized spacial score (nSPS) is 12.6. The minimum atomic E-state index is -0.673. The molecule has 28 heavy (non-hydrogen) atoms. The van der Waals surface area contributed by atoms with Crippen LogP contribution in [-0.4, -0.2) is 47.6 Å². The van der Waals surface area contributed by atoms with E-state index in [1.54, 1.807) is 11.8 Å². The number of carbonyl (C=O) groups is 1. The molecular weight excluding hydrogens is 366 g/mol. The topological polar surface area (TPSA) is 40.5 Å². The summed E-state index contributed by atoms with van der Waals surface area (Å²) in [6.07, 6.45) is 24.8. The van der Waals surface area contributed by atoms with Crippen LogP contribution in [-0.2, 0) is 4.79 Å². The number of carboxylic acids is 1. The van der Waals surface area contributed by atoms with Gasteiger partial charge in [0.2, 0.25) is 0 Å². The lowest BCUT2D eigenvalue weighted by Gasteiger charge is -2.24. The first-order valence-corrected chi connectivity index (χ1v) is 13.4. The van der Waals surface area contributed by atoms with Crippen LogP contribution in [0.25, 0.3) is 0 Å². The second-order valence-corrected chi connectivity index (χ2v) is 9.41. The maximum Gasteiger partial charge on any atom is 0.320 e. The Labute approximate surface area is 180 Å². The van der Waals surface area contributed by atoms with E-state index < -0.39 is 5.97 Å². The highest BCUT2D eigenvalue weighted by Crippen LogP contribution is 2.14. The van der Waals surface area contributed by atoms with E-state index in [1.165, 1.54) is 96.3 Å². The summed E-state index contributed by atoms with van der Waals surface area (Å²) in [4.78, 5) is 13.4. The molecule has 0 heterocycles. The quantitative estimate of drug-likeness (QED) is 0.187. The van der Waals surface area contributed by atoms with Gasteiger partial charge in [-0.1, -0.05) is 103 Å². The predicted molar refractivity (Wildman–Crippen MR) is 127 cm³/mol. The Kier molecular flexibility index (Phi) is 21.3. The number of hydrogen-bond donors (Lipinski definition) is 1. The Morgan fingerprint density at radius 1 is 0.786 bits per heavy atom. The van der Waals surface area contributed by atoms with Crippen LogP contribution >= 0.6 is 11.8 Å². The van der Waals surface area contributed by atoms with Crippen LogP contribution < -0.4 is 0 Å². The molecule has 168 valence electrons. The summed E-state index contributed by atoms with van der Waals surface area (Å²) in [6.45, 7) is 3.19. The molecule has 0 radical (unpaired) electrons. The molecular formula is C24H49NO2S. The lowest BCUT2D eigenvalue weighted by atomic mass is 10.0. The zero-order chi connectivity index (χ0) is 20.9. The smallest absolute Gasteiger partial charge is 0.320 e. The maximum absolute atomic E-state index is 11.4. The Bertz CT molecular complexity index is 339. The van der Waals surface area contributed by atoms with Crippen LogP contribution in [0.4, 0.5) is 0 Å². The Morgan fingerprint density at radius 3 is 1.54 bits per heavy atom. The van der Waals surface area contributed by atoms with Gasteiger partial charge in [-0.3, -0.25) is 9.69 Å². The molecule has 0 fully saturated rings. The van der Waals surface area contributed by atoms with E-state index in [-0.39, 0.29) is 6.04 Å². The van der Waals surface area contributed by atoms with Crippen molar-refractivity contribution in [1.82, 2.24) is 4.90 Å². The third-order valence-electron chi connectivity index (χ3n) is 5.78. The molecule has 0 aliphatic carbocycles. The fourth-order valence-electron chi connectivity index (χ4n) is 3.83. The average Bonchev–Trinajstić information content (AvgIpc) is 2.67. The maximum atomic E-state index is 11.4. The molecule has 1 atom stereocenters. The van der Waals surface area contributed by atoms with E-state index in [2.05, 4.69) is 6.92 Å². The summed E-state index contributed by atoms with van der Waals surface area (Å²) in [7, 11) is 1.96. The van der Waals surface area contributed by atoms with Crippen molar-refractivity contribution in [2.45, 2.75) is 122 Å². The third-order valence-corrected chi connectivity index (χ3v) is 6.42. The zero-order valence-electron chi connectivity index (χ0n) is 19.2. The number of thioether (sulfide) groups is 1. The number of carboxylic acid groups (broad SMARTS) is 1. The minimum absolute atomic E-state index is 0.316. The summed E-state index contributed by atoms with van der Waals surface area (Å²) in [5.74, 6) is 0.244. The monoisotopic (exact) mass is 415 g/mol. The Balaban J connectivity index is 3.35. The second kappa shape index (κ2) is 21.5. The van der Waals surface area contributed by atoms with Gasteiger partial charge < -0.3 is 5.11 Å². The molecule has 0 aliphatic rings. The number of aliphatic carboxylic acids is 1. The first-order valence-electron chi connectivity index (χ1n) is 12.1. The van der Waals surface area contributed by atoms with E-state index >= 15 is 0 Å². The second-order valence-electron chi connectivity index (χ2n) is 8.42. The average molecular weight is 416 g/mol. The van der Waals surface area contributed by atoms with Crippen LogP contribution in [0.2, 0.25) is 0 Å². The van der Waals surface area contributed by atoms with Gasteiger partial charge in [-0.15, -0.1) is 0 Å². The van der Waals surface area contributed by atoms with E-state index in [1.807, 2.05) is 18.2 Å². The number of unbranched alkanes of at least 4 members (excludes halogenated alkanes) is 15. The molecule has 0 aromatic carbocycles. The van der Waals surface area contributed by atoms with Gasteiger partial charge in [-0.25, -0.2) is 0 Å². The highest BCUT2D eigenvalue weighted by atomic mass is 32.2. The largest absolute Gasteiger partial charge is 0.480 e. The summed E-state index contributed by atoms with van der Waals surface area (Å²) < 4.78 is 0. The SMILES string of the molecule is CCCCCCCCCCCCCCCCCCN(C)[C@@H](CCSC)C(=O)O. The molecule has 0 amide bonds. The van der Waals surface area contributed by atoms with Crippen molar-refractivity contribution >= 4 is 17.7 Å². The fourth-order valence-corrected chi connectivity index (χ4v) is 4.29. The third kappa shape index (κ3) is 17.8. The molecule has 0 aromatic heterocycles. The lowest BCUT2D eigenvalue weighted by Crippen LogP contribution is -2.39. The van der Waals surface area contributed by atoms with Crippen LogP contribution in [0.5, 0.6) is 0 Å². The van der Waals surface area contributed by atoms with Crippen LogP contribution in [0.3, 0.4) is 0 Å². The Morgan fingerprint density at radius 2 is 1.18 bits per heavy atom. The number of nitrogens with zero attached hydrogens (tertiary/aromatic N) is 1. The van der Waals surface area contributed by atoms with Crippen molar-refractivity contribution < 1.29 is 9.90 Å². The predicted octanol–water partition coefficient (Wildman–Crippen LogP) is 7.39. The van der Waals surface area contributed by atoms with Gasteiger partial charge in [0.25, 0.3) is 0 Å². The molecule has 0 unspecified atom stereocenters. The minimum Gasteiger partial charge on any atom is -0.480 e. The van der Waals surface area contributed by atoms with Gasteiger partial charge in [0.1, 0.15) is 6.04 Å². The van der Waals surface area contributed by atoms with Gasteiger partial charge in [-0.2, -0.15) is 11.8 Å². The fraction of sp³-hybridized carbons (Fsp3) is 0.958. The first-order chi connectivity index (χ1) is 13.6. The van der Waals surface area contributed by atoms with Gasteiger partial charge in [0, 0.05) is 0 Å². The van der Waals surface area contributed by atoms with Crippen molar-refractivity contribution in [2.75, 3.05) is 25.6 Å². The van der Waals surface area contributed by atoms with Crippen LogP contribution in [0, 0.1) is 0 Å². The first kappa shape index (κ1) is 27.8. The van der Waals surface area contributed by atoms with E-state index in [4.69, 9.17) is 0 Å². The summed E-state index contributed by atoms with van der Waals surface area (Å²) >= 11 is 1.72. The van der Waals surface area contributed by atoms with Crippen molar-refractivity contribution in [3.8, 4) is 0 Å². The van der Waals surface area contributed by atoms with E-state index in [0.29, 0.717) is 0 Å². The highest BCUT2D eigenvalue weighted by Gasteiger charge is 2.21. The zero-order valence-corrected chi connectivity index (χ0v) is 20.0. The number of hydrogen-bond acceptors (Lipinski definition) is 3. The van der Waals surface area contributed by atoms with Crippen LogP contribution in [0.1, 0.15) is 116 Å². The highest BCUT2D eigenvalue weighted by molar-refractivity contribution is 7.98. The number of rotatable bonds is 22. The lowest BCUT2D eigenvalue weighted by molar-refractivity contribution is -0.142. The molecule has 0 saturated carbocycles.